The highest BCUT2D eigenvalue weighted by Crippen LogP contribution is 2.39. The summed E-state index contributed by atoms with van der Waals surface area (Å²) in [5.74, 6) is 2.27. The first-order valence-corrected chi connectivity index (χ1v) is 10.5. The Morgan fingerprint density at radius 2 is 1.00 bits per heavy atom. The van der Waals surface area contributed by atoms with Gasteiger partial charge >= 0.3 is 0 Å². The van der Waals surface area contributed by atoms with Crippen molar-refractivity contribution >= 4 is 7.92 Å². The van der Waals surface area contributed by atoms with Gasteiger partial charge in [-0.05, 0) is 25.2 Å². The van der Waals surface area contributed by atoms with Gasteiger partial charge in [0.2, 0.25) is 0 Å². The Kier molecular flexibility index (Phi) is 16.4. The van der Waals surface area contributed by atoms with Crippen LogP contribution in [0.3, 0.4) is 0 Å². The van der Waals surface area contributed by atoms with Crippen LogP contribution in [0.15, 0.2) is 12.4 Å². The average molecular weight is 284 g/mol. The lowest BCUT2D eigenvalue weighted by Gasteiger charge is -2.12. The molecule has 0 rings (SSSR count). The molecule has 0 fully saturated rings. The topological polar surface area (TPSA) is 0 Å². The summed E-state index contributed by atoms with van der Waals surface area (Å²) in [6.07, 6.45) is 20.0. The van der Waals surface area contributed by atoms with E-state index in [1.807, 2.05) is 0 Å². The quantitative estimate of drug-likeness (QED) is 0.218. The first-order valence-electron chi connectivity index (χ1n) is 8.71. The second-order valence-corrected chi connectivity index (χ2v) is 8.19. The summed E-state index contributed by atoms with van der Waals surface area (Å²) in [6, 6.07) is 0. The molecular formula is C18H37P. The number of rotatable bonds is 15. The highest BCUT2D eigenvalue weighted by atomic mass is 31.1. The van der Waals surface area contributed by atoms with E-state index < -0.39 is 0 Å². The van der Waals surface area contributed by atoms with Crippen LogP contribution in [-0.4, -0.2) is 12.3 Å². The average Bonchev–Trinajstić information content (AvgIpc) is 2.44. The van der Waals surface area contributed by atoms with Crippen molar-refractivity contribution in [3.8, 4) is 0 Å². The van der Waals surface area contributed by atoms with Crippen molar-refractivity contribution in [3.63, 3.8) is 0 Å². The van der Waals surface area contributed by atoms with Gasteiger partial charge in [0, 0.05) is 0 Å². The molecule has 0 aromatic heterocycles. The number of hydrogen-bond acceptors (Lipinski definition) is 0. The van der Waals surface area contributed by atoms with E-state index in [-0.39, 0.29) is 7.92 Å². The molecule has 0 bridgehead atoms. The lowest BCUT2D eigenvalue weighted by Crippen LogP contribution is -1.90. The van der Waals surface area contributed by atoms with Gasteiger partial charge in [0.25, 0.3) is 0 Å². The van der Waals surface area contributed by atoms with Gasteiger partial charge in [-0.15, -0.1) is 0 Å². The molecule has 0 aliphatic carbocycles. The zero-order chi connectivity index (χ0) is 14.2. The molecule has 0 unspecified atom stereocenters. The van der Waals surface area contributed by atoms with Crippen LogP contribution in [0.1, 0.15) is 90.9 Å². The molecular weight excluding hydrogens is 247 g/mol. The van der Waals surface area contributed by atoms with Gasteiger partial charge in [-0.1, -0.05) is 98.4 Å². The summed E-state index contributed by atoms with van der Waals surface area (Å²) in [5, 5.41) is 0. The first kappa shape index (κ1) is 19.2. The van der Waals surface area contributed by atoms with Gasteiger partial charge in [-0.25, -0.2) is 0 Å². The Balaban J connectivity index is 3.32. The molecule has 0 aliphatic heterocycles. The molecule has 1 heteroatoms. The Labute approximate surface area is 124 Å². The van der Waals surface area contributed by atoms with Crippen LogP contribution >= 0.6 is 7.92 Å². The summed E-state index contributed by atoms with van der Waals surface area (Å²) in [6.45, 7) is 8.62. The molecule has 0 spiro atoms. The highest BCUT2D eigenvalue weighted by Gasteiger charge is 2.03. The fourth-order valence-electron chi connectivity index (χ4n) is 2.48. The van der Waals surface area contributed by atoms with E-state index in [0.29, 0.717) is 0 Å². The van der Waals surface area contributed by atoms with Gasteiger partial charge < -0.3 is 0 Å². The van der Waals surface area contributed by atoms with Crippen molar-refractivity contribution in [2.75, 3.05) is 12.3 Å². The fourth-order valence-corrected chi connectivity index (χ4v) is 4.33. The van der Waals surface area contributed by atoms with E-state index >= 15 is 0 Å². The van der Waals surface area contributed by atoms with Crippen LogP contribution in [0.4, 0.5) is 0 Å². The predicted molar refractivity (Wildman–Crippen MR) is 93.6 cm³/mol. The standard InChI is InChI=1S/C18H37P/c1-4-7-9-11-13-15-17-19(6-3)18-16-14-12-10-8-5-2/h6H,3-5,7-18H2,1-2H3. The third-order valence-electron chi connectivity index (χ3n) is 3.86. The lowest BCUT2D eigenvalue weighted by molar-refractivity contribution is 0.622. The van der Waals surface area contributed by atoms with Crippen molar-refractivity contribution in [1.29, 1.82) is 0 Å². The minimum atomic E-state index is 0.156. The minimum absolute atomic E-state index is 0.156. The van der Waals surface area contributed by atoms with Crippen molar-refractivity contribution in [3.05, 3.63) is 12.4 Å². The normalized spacial score (nSPS) is 11.1. The maximum absolute atomic E-state index is 4.05. The first-order chi connectivity index (χ1) is 9.35. The molecule has 0 heterocycles. The second kappa shape index (κ2) is 16.2. The number of unbranched alkanes of at least 4 members (excludes halogenated alkanes) is 10. The fraction of sp³-hybridized carbons (Fsp3) is 0.889. The van der Waals surface area contributed by atoms with Gasteiger partial charge in [-0.2, -0.15) is 0 Å². The Bertz CT molecular complexity index is 161. The van der Waals surface area contributed by atoms with Crippen LogP contribution in [0.2, 0.25) is 0 Å². The van der Waals surface area contributed by atoms with Crippen molar-refractivity contribution < 1.29 is 0 Å². The molecule has 19 heavy (non-hydrogen) atoms. The molecule has 0 amide bonds. The highest BCUT2D eigenvalue weighted by molar-refractivity contribution is 7.60. The van der Waals surface area contributed by atoms with Gasteiger partial charge in [0.05, 0.1) is 0 Å². The Morgan fingerprint density at radius 3 is 1.37 bits per heavy atom. The summed E-state index contributed by atoms with van der Waals surface area (Å²) in [7, 11) is 0.156. The molecule has 0 saturated carbocycles. The van der Waals surface area contributed by atoms with Gasteiger partial charge in [0.1, 0.15) is 0 Å². The third-order valence-corrected chi connectivity index (χ3v) is 6.15. The van der Waals surface area contributed by atoms with Crippen LogP contribution in [0.5, 0.6) is 0 Å². The minimum Gasteiger partial charge on any atom is -0.0986 e. The molecule has 0 radical (unpaired) electrons. The van der Waals surface area contributed by atoms with Crippen molar-refractivity contribution in [2.45, 2.75) is 90.9 Å². The second-order valence-electron chi connectivity index (χ2n) is 5.75. The van der Waals surface area contributed by atoms with E-state index in [0.717, 1.165) is 0 Å². The van der Waals surface area contributed by atoms with E-state index in [4.69, 9.17) is 0 Å². The molecule has 0 aromatic carbocycles. The number of hydrogen-bond donors (Lipinski definition) is 0. The van der Waals surface area contributed by atoms with Crippen LogP contribution in [-0.2, 0) is 0 Å². The SMILES string of the molecule is C=CP(CCCCCCCC)CCCCCCCC. The largest absolute Gasteiger partial charge is 0.0986 e. The monoisotopic (exact) mass is 284 g/mol. The molecule has 0 aromatic rings. The Morgan fingerprint density at radius 1 is 0.632 bits per heavy atom. The third kappa shape index (κ3) is 14.4. The van der Waals surface area contributed by atoms with Gasteiger partial charge in [-0.3, -0.25) is 0 Å². The smallest absolute Gasteiger partial charge is 0.0291 e. The maximum atomic E-state index is 4.05. The lowest BCUT2D eigenvalue weighted by atomic mass is 10.1. The molecule has 0 N–H and O–H groups in total. The van der Waals surface area contributed by atoms with E-state index in [1.54, 1.807) is 0 Å². The van der Waals surface area contributed by atoms with Crippen molar-refractivity contribution in [1.82, 2.24) is 0 Å². The maximum Gasteiger partial charge on any atom is -0.0291 e. The van der Waals surface area contributed by atoms with Crippen LogP contribution in [0.25, 0.3) is 0 Å². The molecule has 0 saturated heterocycles. The summed E-state index contributed by atoms with van der Waals surface area (Å²) >= 11 is 0. The summed E-state index contributed by atoms with van der Waals surface area (Å²) in [4.78, 5) is 0. The zero-order valence-corrected chi connectivity index (χ0v) is 14.5. The van der Waals surface area contributed by atoms with Gasteiger partial charge in [0.15, 0.2) is 0 Å². The molecule has 0 aliphatic rings. The van der Waals surface area contributed by atoms with E-state index in [2.05, 4.69) is 26.2 Å². The Hall–Kier alpha value is 0.170. The predicted octanol–water partition coefficient (Wildman–Crippen LogP) is 7.33. The molecule has 0 atom stereocenters. The summed E-state index contributed by atoms with van der Waals surface area (Å²) in [5.41, 5.74) is 0. The van der Waals surface area contributed by atoms with Crippen LogP contribution < -0.4 is 0 Å². The van der Waals surface area contributed by atoms with E-state index in [9.17, 15) is 0 Å². The molecule has 0 nitrogen and oxygen atoms in total. The van der Waals surface area contributed by atoms with Crippen LogP contribution in [0, 0.1) is 0 Å². The molecule has 114 valence electrons. The van der Waals surface area contributed by atoms with Crippen molar-refractivity contribution in [2.24, 2.45) is 0 Å². The summed E-state index contributed by atoms with van der Waals surface area (Å²) < 4.78 is 0. The zero-order valence-electron chi connectivity index (χ0n) is 13.6. The van der Waals surface area contributed by atoms with E-state index in [1.165, 1.54) is 89.4 Å².